The maximum atomic E-state index is 12.0. The second-order valence-corrected chi connectivity index (χ2v) is 3.82. The summed E-state index contributed by atoms with van der Waals surface area (Å²) in [6.07, 6.45) is 0. The van der Waals surface area contributed by atoms with Crippen LogP contribution < -0.4 is 0 Å². The summed E-state index contributed by atoms with van der Waals surface area (Å²) in [5.74, 6) is 1.10. The summed E-state index contributed by atoms with van der Waals surface area (Å²) in [6, 6.07) is 18.8. The molecule has 0 radical (unpaired) electrons. The third-order valence-electron chi connectivity index (χ3n) is 2.65. The predicted molar refractivity (Wildman–Crippen MR) is 65.2 cm³/mol. The summed E-state index contributed by atoms with van der Waals surface area (Å²) < 4.78 is 5.30. The molecule has 17 heavy (non-hydrogen) atoms. The molecule has 0 bridgehead atoms. The number of carbonyl (C=O) groups is 1. The molecule has 0 aromatic heterocycles. The highest BCUT2D eigenvalue weighted by molar-refractivity contribution is 6.15. The van der Waals surface area contributed by atoms with Crippen molar-refractivity contribution in [3.63, 3.8) is 0 Å². The molecule has 0 atom stereocenters. The van der Waals surface area contributed by atoms with Gasteiger partial charge in [-0.25, -0.2) is 0 Å². The second-order valence-electron chi connectivity index (χ2n) is 3.82. The number of benzene rings is 2. The van der Waals surface area contributed by atoms with Crippen molar-refractivity contribution in [2.45, 2.75) is 0 Å². The first-order chi connectivity index (χ1) is 8.36. The fourth-order valence-electron chi connectivity index (χ4n) is 1.73. The highest BCUT2D eigenvalue weighted by atomic mass is 16.6. The number of ketones is 1. The fourth-order valence-corrected chi connectivity index (χ4v) is 1.73. The van der Waals surface area contributed by atoms with Crippen LogP contribution in [-0.4, -0.2) is 5.78 Å². The molecule has 82 valence electrons. The van der Waals surface area contributed by atoms with Gasteiger partial charge >= 0.3 is 0 Å². The monoisotopic (exact) mass is 222 g/mol. The Bertz CT molecular complexity index is 540. The molecule has 2 nitrogen and oxygen atoms in total. The van der Waals surface area contributed by atoms with Crippen LogP contribution >= 0.6 is 0 Å². The highest BCUT2D eigenvalue weighted by Gasteiger charge is 2.33. The molecule has 1 aliphatic rings. The van der Waals surface area contributed by atoms with E-state index in [9.17, 15) is 4.79 Å². The quantitative estimate of drug-likeness (QED) is 0.746. The SMILES string of the molecule is O=C(C1=C(c2ccccc2)O1)c1ccccc1. The van der Waals surface area contributed by atoms with Crippen molar-refractivity contribution in [1.82, 2.24) is 0 Å². The Balaban J connectivity index is 1.90. The van der Waals surface area contributed by atoms with E-state index in [2.05, 4.69) is 0 Å². The molecule has 2 aromatic rings. The number of Topliss-reactive ketones (excluding diaryl/α,β-unsaturated/α-hetero) is 1. The van der Waals surface area contributed by atoms with Gasteiger partial charge in [0.2, 0.25) is 11.5 Å². The average Bonchev–Trinajstić information content (AvgIpc) is 3.20. The van der Waals surface area contributed by atoms with E-state index in [1.54, 1.807) is 12.1 Å². The molecular formula is C15H10O2. The molecule has 1 heterocycles. The summed E-state index contributed by atoms with van der Waals surface area (Å²) >= 11 is 0. The molecule has 0 spiro atoms. The largest absolute Gasteiger partial charge is 0.445 e. The topological polar surface area (TPSA) is 29.6 Å². The van der Waals surface area contributed by atoms with E-state index in [1.807, 2.05) is 48.5 Å². The Labute approximate surface area is 99.2 Å². The number of rotatable bonds is 3. The zero-order valence-corrected chi connectivity index (χ0v) is 9.09. The third kappa shape index (κ3) is 1.85. The van der Waals surface area contributed by atoms with E-state index < -0.39 is 0 Å². The minimum Gasteiger partial charge on any atom is -0.445 e. The lowest BCUT2D eigenvalue weighted by atomic mass is 10.1. The summed E-state index contributed by atoms with van der Waals surface area (Å²) in [5.41, 5.74) is 1.61. The molecule has 0 saturated heterocycles. The summed E-state index contributed by atoms with van der Waals surface area (Å²) in [5, 5.41) is 0. The number of carbonyl (C=O) groups excluding carboxylic acids is 1. The van der Waals surface area contributed by atoms with E-state index in [1.165, 1.54) is 0 Å². The Hall–Kier alpha value is -2.35. The summed E-state index contributed by atoms with van der Waals surface area (Å²) in [6.45, 7) is 0. The van der Waals surface area contributed by atoms with Gasteiger partial charge in [0.25, 0.3) is 0 Å². The van der Waals surface area contributed by atoms with Crippen molar-refractivity contribution in [1.29, 1.82) is 0 Å². The molecule has 0 N–H and O–H groups in total. The normalized spacial score (nSPS) is 13.2. The number of allylic oxidation sites excluding steroid dienone is 1. The first kappa shape index (κ1) is 9.85. The molecule has 0 aliphatic carbocycles. The van der Waals surface area contributed by atoms with Crippen LogP contribution in [0.3, 0.4) is 0 Å². The van der Waals surface area contributed by atoms with Crippen LogP contribution in [-0.2, 0) is 4.74 Å². The van der Waals surface area contributed by atoms with Crippen LogP contribution in [0.5, 0.6) is 0 Å². The van der Waals surface area contributed by atoms with Gasteiger partial charge in [-0.3, -0.25) is 4.79 Å². The molecule has 2 aromatic carbocycles. The van der Waals surface area contributed by atoms with Gasteiger partial charge < -0.3 is 4.74 Å². The van der Waals surface area contributed by atoms with Gasteiger partial charge in [0.15, 0.2) is 5.76 Å². The lowest BCUT2D eigenvalue weighted by Crippen LogP contribution is -1.95. The van der Waals surface area contributed by atoms with E-state index in [0.717, 1.165) is 5.56 Å². The van der Waals surface area contributed by atoms with Crippen LogP contribution in [0.4, 0.5) is 0 Å². The standard InChI is InChI=1S/C15H10O2/c16-13(11-7-3-1-4-8-11)15-14(17-15)12-9-5-2-6-10-12/h1-10H. The zero-order chi connectivity index (χ0) is 11.7. The van der Waals surface area contributed by atoms with E-state index in [4.69, 9.17) is 4.74 Å². The summed E-state index contributed by atoms with van der Waals surface area (Å²) in [7, 11) is 0. The van der Waals surface area contributed by atoms with Crippen LogP contribution in [0, 0.1) is 0 Å². The smallest absolute Gasteiger partial charge is 0.232 e. The van der Waals surface area contributed by atoms with Gasteiger partial charge in [-0.1, -0.05) is 60.7 Å². The number of hydrogen-bond acceptors (Lipinski definition) is 2. The van der Waals surface area contributed by atoms with Crippen molar-refractivity contribution in [2.75, 3.05) is 0 Å². The Morgan fingerprint density at radius 2 is 1.41 bits per heavy atom. The molecule has 3 rings (SSSR count). The van der Waals surface area contributed by atoms with Gasteiger partial charge in [-0.2, -0.15) is 0 Å². The van der Waals surface area contributed by atoms with E-state index in [-0.39, 0.29) is 5.78 Å². The number of hydrogen-bond donors (Lipinski definition) is 0. The van der Waals surface area contributed by atoms with Gasteiger partial charge in [0.05, 0.1) is 0 Å². The lowest BCUT2D eigenvalue weighted by Gasteiger charge is -1.91. The molecule has 2 heteroatoms. The highest BCUT2D eigenvalue weighted by Crippen LogP contribution is 2.37. The Morgan fingerprint density at radius 3 is 2.06 bits per heavy atom. The maximum absolute atomic E-state index is 12.0. The number of ether oxygens (including phenoxy) is 1. The zero-order valence-electron chi connectivity index (χ0n) is 9.09. The first-order valence-corrected chi connectivity index (χ1v) is 5.43. The van der Waals surface area contributed by atoms with Crippen molar-refractivity contribution < 1.29 is 9.53 Å². The molecule has 0 saturated carbocycles. The van der Waals surface area contributed by atoms with Crippen molar-refractivity contribution in [2.24, 2.45) is 0 Å². The molecule has 1 aliphatic heterocycles. The Kier molecular flexibility index (Phi) is 2.26. The van der Waals surface area contributed by atoms with Gasteiger partial charge in [-0.15, -0.1) is 0 Å². The molecule has 0 unspecified atom stereocenters. The third-order valence-corrected chi connectivity index (χ3v) is 2.65. The van der Waals surface area contributed by atoms with E-state index in [0.29, 0.717) is 17.1 Å². The van der Waals surface area contributed by atoms with E-state index >= 15 is 0 Å². The van der Waals surface area contributed by atoms with Crippen molar-refractivity contribution in [3.8, 4) is 0 Å². The minimum absolute atomic E-state index is 0.0514. The lowest BCUT2D eigenvalue weighted by molar-refractivity contribution is 0.101. The van der Waals surface area contributed by atoms with Gasteiger partial charge in [0.1, 0.15) is 0 Å². The Morgan fingerprint density at radius 1 is 0.824 bits per heavy atom. The van der Waals surface area contributed by atoms with Crippen LogP contribution in [0.1, 0.15) is 15.9 Å². The first-order valence-electron chi connectivity index (χ1n) is 5.43. The molecular weight excluding hydrogens is 212 g/mol. The van der Waals surface area contributed by atoms with Crippen molar-refractivity contribution in [3.05, 3.63) is 77.5 Å². The maximum Gasteiger partial charge on any atom is 0.232 e. The minimum atomic E-state index is -0.0514. The molecule has 0 amide bonds. The summed E-state index contributed by atoms with van der Waals surface area (Å²) in [4.78, 5) is 12.0. The molecule has 0 fully saturated rings. The van der Waals surface area contributed by atoms with Crippen LogP contribution in [0.2, 0.25) is 0 Å². The van der Waals surface area contributed by atoms with Crippen molar-refractivity contribution >= 4 is 11.5 Å². The van der Waals surface area contributed by atoms with Crippen LogP contribution in [0.15, 0.2) is 66.4 Å². The fraction of sp³-hybridized carbons (Fsp3) is 0. The second kappa shape index (κ2) is 3.91. The van der Waals surface area contributed by atoms with Crippen LogP contribution in [0.25, 0.3) is 5.76 Å². The van der Waals surface area contributed by atoms with Gasteiger partial charge in [-0.05, 0) is 0 Å². The average molecular weight is 222 g/mol. The predicted octanol–water partition coefficient (Wildman–Crippen LogP) is 3.27. The van der Waals surface area contributed by atoms with Gasteiger partial charge in [0, 0.05) is 11.1 Å².